The second kappa shape index (κ2) is 10.9. The number of carbonyl (C=O) groups excluding carboxylic acids is 1. The molecule has 0 unspecified atom stereocenters. The van der Waals surface area contributed by atoms with Gasteiger partial charge in [-0.1, -0.05) is 11.6 Å². The highest BCUT2D eigenvalue weighted by molar-refractivity contribution is 5.79. The van der Waals surface area contributed by atoms with Crippen LogP contribution in [0.25, 0.3) is 0 Å². The van der Waals surface area contributed by atoms with Crippen molar-refractivity contribution in [1.29, 1.82) is 0 Å². The zero-order valence-corrected chi connectivity index (χ0v) is 15.4. The molecule has 24 heavy (non-hydrogen) atoms. The van der Waals surface area contributed by atoms with Crippen LogP contribution in [-0.4, -0.2) is 57.0 Å². The molecule has 0 radical (unpaired) electrons. The lowest BCUT2D eigenvalue weighted by atomic mass is 10.1. The number of hydrogen-bond donors (Lipinski definition) is 3. The van der Waals surface area contributed by atoms with Gasteiger partial charge in [-0.2, -0.15) is 0 Å². The Morgan fingerprint density at radius 2 is 2.04 bits per heavy atom. The van der Waals surface area contributed by atoms with Crippen molar-refractivity contribution in [3.63, 3.8) is 0 Å². The molecule has 1 aliphatic rings. The van der Waals surface area contributed by atoms with E-state index in [1.165, 1.54) is 5.57 Å². The fourth-order valence-corrected chi connectivity index (χ4v) is 2.11. The zero-order valence-electron chi connectivity index (χ0n) is 15.4. The maximum absolute atomic E-state index is 11.6. The number of amides is 1. The van der Waals surface area contributed by atoms with Crippen molar-refractivity contribution < 1.29 is 14.3 Å². The van der Waals surface area contributed by atoms with Crippen LogP contribution in [0.15, 0.2) is 16.6 Å². The second-order valence-electron chi connectivity index (χ2n) is 6.55. The molecule has 0 spiro atoms. The minimum atomic E-state index is -0.479. The molecule has 0 aliphatic carbocycles. The van der Waals surface area contributed by atoms with Crippen molar-refractivity contribution in [1.82, 2.24) is 16.0 Å². The van der Waals surface area contributed by atoms with E-state index in [1.54, 1.807) is 0 Å². The number of aliphatic imine (C=N–C) groups is 1. The standard InChI is InChI=1S/C17H32N4O3/c1-5-18-15(19-9-6-14-7-12-23-13-8-14)20-10-11-21-16(22)24-17(2,3)4/h7H,5-6,8-13H2,1-4H3,(H,21,22)(H2,18,19,20). The summed E-state index contributed by atoms with van der Waals surface area (Å²) in [6.07, 6.45) is 3.69. The van der Waals surface area contributed by atoms with Gasteiger partial charge in [0.25, 0.3) is 0 Å². The zero-order chi connectivity index (χ0) is 17.8. The van der Waals surface area contributed by atoms with Gasteiger partial charge in [-0.05, 0) is 40.5 Å². The van der Waals surface area contributed by atoms with Crippen molar-refractivity contribution >= 4 is 12.1 Å². The highest BCUT2D eigenvalue weighted by atomic mass is 16.6. The Kier molecular flexibility index (Phi) is 9.22. The van der Waals surface area contributed by atoms with Crippen LogP contribution in [-0.2, 0) is 9.47 Å². The van der Waals surface area contributed by atoms with Crippen molar-refractivity contribution in [2.45, 2.75) is 46.1 Å². The Morgan fingerprint density at radius 1 is 1.29 bits per heavy atom. The third-order valence-electron chi connectivity index (χ3n) is 3.19. The van der Waals surface area contributed by atoms with E-state index in [2.05, 4.69) is 27.0 Å². The predicted molar refractivity (Wildman–Crippen MR) is 96.4 cm³/mol. The molecule has 3 N–H and O–H groups in total. The molecule has 1 heterocycles. The Balaban J connectivity index is 2.25. The van der Waals surface area contributed by atoms with E-state index < -0.39 is 11.7 Å². The van der Waals surface area contributed by atoms with Crippen LogP contribution in [0.2, 0.25) is 0 Å². The first-order valence-corrected chi connectivity index (χ1v) is 8.65. The molecule has 138 valence electrons. The van der Waals surface area contributed by atoms with Crippen LogP contribution in [0.4, 0.5) is 4.79 Å². The van der Waals surface area contributed by atoms with E-state index in [4.69, 9.17) is 9.47 Å². The molecule has 0 aromatic heterocycles. The van der Waals surface area contributed by atoms with Crippen LogP contribution >= 0.6 is 0 Å². The summed E-state index contributed by atoms with van der Waals surface area (Å²) in [5, 5.41) is 9.11. The SMILES string of the molecule is CCNC(=NCCC1=CCOCC1)NCCNC(=O)OC(C)(C)C. The van der Waals surface area contributed by atoms with E-state index in [9.17, 15) is 4.79 Å². The van der Waals surface area contributed by atoms with Gasteiger partial charge >= 0.3 is 6.09 Å². The summed E-state index contributed by atoms with van der Waals surface area (Å²) in [6.45, 7) is 11.7. The lowest BCUT2D eigenvalue weighted by Crippen LogP contribution is -2.42. The normalized spacial score (nSPS) is 15.5. The fraction of sp³-hybridized carbons (Fsp3) is 0.765. The van der Waals surface area contributed by atoms with Gasteiger partial charge in [0.15, 0.2) is 5.96 Å². The molecule has 7 heteroatoms. The summed E-state index contributed by atoms with van der Waals surface area (Å²) in [4.78, 5) is 16.1. The number of guanidine groups is 1. The molecular formula is C17H32N4O3. The molecule has 0 bridgehead atoms. The van der Waals surface area contributed by atoms with Gasteiger partial charge in [0.2, 0.25) is 0 Å². The van der Waals surface area contributed by atoms with Gasteiger partial charge in [-0.3, -0.25) is 4.99 Å². The molecule has 0 atom stereocenters. The average molecular weight is 340 g/mol. The van der Waals surface area contributed by atoms with E-state index in [1.807, 2.05) is 27.7 Å². The molecule has 0 saturated heterocycles. The van der Waals surface area contributed by atoms with E-state index in [-0.39, 0.29) is 0 Å². The van der Waals surface area contributed by atoms with Gasteiger partial charge in [0, 0.05) is 26.2 Å². The van der Waals surface area contributed by atoms with Crippen LogP contribution in [0.5, 0.6) is 0 Å². The van der Waals surface area contributed by atoms with Crippen LogP contribution in [0, 0.1) is 0 Å². The summed E-state index contributed by atoms with van der Waals surface area (Å²) < 4.78 is 10.5. The van der Waals surface area contributed by atoms with E-state index >= 15 is 0 Å². The molecule has 0 saturated carbocycles. The molecule has 7 nitrogen and oxygen atoms in total. The van der Waals surface area contributed by atoms with Crippen molar-refractivity contribution in [3.8, 4) is 0 Å². The lowest BCUT2D eigenvalue weighted by molar-refractivity contribution is 0.0529. The minimum absolute atomic E-state index is 0.405. The first-order chi connectivity index (χ1) is 11.4. The quantitative estimate of drug-likeness (QED) is 0.285. The van der Waals surface area contributed by atoms with Crippen molar-refractivity contribution in [2.24, 2.45) is 4.99 Å². The lowest BCUT2D eigenvalue weighted by Gasteiger charge is -2.20. The highest BCUT2D eigenvalue weighted by Gasteiger charge is 2.15. The Labute approximate surface area is 145 Å². The van der Waals surface area contributed by atoms with Crippen LogP contribution in [0.1, 0.15) is 40.5 Å². The number of nitrogens with one attached hydrogen (secondary N) is 3. The van der Waals surface area contributed by atoms with Gasteiger partial charge in [0.05, 0.1) is 13.2 Å². The molecule has 1 aliphatic heterocycles. The number of hydrogen-bond acceptors (Lipinski definition) is 4. The number of rotatable bonds is 7. The maximum Gasteiger partial charge on any atom is 0.407 e. The second-order valence-corrected chi connectivity index (χ2v) is 6.55. The maximum atomic E-state index is 11.6. The molecule has 0 aromatic carbocycles. The Hall–Kier alpha value is -1.76. The summed E-state index contributed by atoms with van der Waals surface area (Å²) in [5.74, 6) is 0.760. The molecule has 1 rings (SSSR count). The van der Waals surface area contributed by atoms with Crippen LogP contribution in [0.3, 0.4) is 0 Å². The number of carbonyl (C=O) groups is 1. The molecule has 1 amide bonds. The summed E-state index contributed by atoms with van der Waals surface area (Å²) in [6, 6.07) is 0. The fourth-order valence-electron chi connectivity index (χ4n) is 2.11. The van der Waals surface area contributed by atoms with Gasteiger partial charge in [-0.15, -0.1) is 0 Å². The van der Waals surface area contributed by atoms with Gasteiger partial charge in [-0.25, -0.2) is 4.79 Å². The third kappa shape index (κ3) is 10.1. The topological polar surface area (TPSA) is 84.0 Å². The smallest absolute Gasteiger partial charge is 0.407 e. The highest BCUT2D eigenvalue weighted by Crippen LogP contribution is 2.11. The average Bonchev–Trinajstić information content (AvgIpc) is 2.51. The summed E-state index contributed by atoms with van der Waals surface area (Å²) in [7, 11) is 0. The molecule has 0 fully saturated rings. The number of nitrogens with zero attached hydrogens (tertiary/aromatic N) is 1. The Bertz CT molecular complexity index is 442. The molecular weight excluding hydrogens is 308 g/mol. The largest absolute Gasteiger partial charge is 0.444 e. The van der Waals surface area contributed by atoms with Gasteiger partial charge in [0.1, 0.15) is 5.60 Å². The first-order valence-electron chi connectivity index (χ1n) is 8.65. The van der Waals surface area contributed by atoms with E-state index in [0.717, 1.165) is 38.5 Å². The monoisotopic (exact) mass is 340 g/mol. The third-order valence-corrected chi connectivity index (χ3v) is 3.19. The predicted octanol–water partition coefficient (Wildman–Crippen LogP) is 1.80. The van der Waals surface area contributed by atoms with Crippen LogP contribution < -0.4 is 16.0 Å². The first kappa shape index (κ1) is 20.3. The minimum Gasteiger partial charge on any atom is -0.444 e. The number of alkyl carbamates (subject to hydrolysis) is 1. The molecule has 0 aromatic rings. The number of ether oxygens (including phenoxy) is 2. The van der Waals surface area contributed by atoms with Crippen molar-refractivity contribution in [2.75, 3.05) is 39.4 Å². The van der Waals surface area contributed by atoms with Gasteiger partial charge < -0.3 is 25.4 Å². The van der Waals surface area contributed by atoms with E-state index in [0.29, 0.717) is 19.7 Å². The summed E-state index contributed by atoms with van der Waals surface area (Å²) >= 11 is 0. The Morgan fingerprint density at radius 3 is 2.67 bits per heavy atom. The van der Waals surface area contributed by atoms with Crippen molar-refractivity contribution in [3.05, 3.63) is 11.6 Å². The summed E-state index contributed by atoms with van der Waals surface area (Å²) in [5.41, 5.74) is 0.930.